The Morgan fingerprint density at radius 3 is 3.04 bits per heavy atom. The lowest BCUT2D eigenvalue weighted by atomic mass is 9.94. The Balaban J connectivity index is 1.39. The molecule has 1 atom stereocenters. The van der Waals surface area contributed by atoms with Gasteiger partial charge in [-0.2, -0.15) is 5.10 Å². The van der Waals surface area contributed by atoms with Crippen LogP contribution in [0, 0.1) is 5.92 Å². The van der Waals surface area contributed by atoms with Crippen molar-refractivity contribution in [1.29, 1.82) is 0 Å². The second-order valence-electron chi connectivity index (χ2n) is 6.85. The lowest BCUT2D eigenvalue weighted by Crippen LogP contribution is -2.35. The lowest BCUT2D eigenvalue weighted by molar-refractivity contribution is 0.166. The SMILES string of the molecule is CCn1cc(CN2CCC[C@@H](Cc3nc4ccccc4[nH]3)C2)cn1. The molecule has 24 heavy (non-hydrogen) atoms. The van der Waals surface area contributed by atoms with Crippen LogP contribution in [-0.2, 0) is 19.5 Å². The first-order valence-electron chi connectivity index (χ1n) is 8.97. The maximum absolute atomic E-state index is 4.74. The number of hydrogen-bond acceptors (Lipinski definition) is 3. The van der Waals surface area contributed by atoms with E-state index in [2.05, 4.69) is 46.3 Å². The number of aromatic amines is 1. The Hall–Kier alpha value is -2.14. The Kier molecular flexibility index (Phi) is 4.34. The number of aryl methyl sites for hydroxylation is 1. The van der Waals surface area contributed by atoms with E-state index < -0.39 is 0 Å². The first kappa shape index (κ1) is 15.4. The molecule has 3 aromatic rings. The molecule has 5 nitrogen and oxygen atoms in total. The van der Waals surface area contributed by atoms with Crippen molar-refractivity contribution in [3.05, 3.63) is 48.0 Å². The van der Waals surface area contributed by atoms with Crippen LogP contribution >= 0.6 is 0 Å². The smallest absolute Gasteiger partial charge is 0.107 e. The highest BCUT2D eigenvalue weighted by molar-refractivity contribution is 5.74. The van der Waals surface area contributed by atoms with Crippen LogP contribution in [0.25, 0.3) is 11.0 Å². The normalized spacial score (nSPS) is 19.1. The van der Waals surface area contributed by atoms with Crippen molar-refractivity contribution in [3.8, 4) is 0 Å². The average Bonchev–Trinajstić information content (AvgIpc) is 3.21. The first-order chi connectivity index (χ1) is 11.8. The summed E-state index contributed by atoms with van der Waals surface area (Å²) in [6, 6.07) is 8.28. The summed E-state index contributed by atoms with van der Waals surface area (Å²) in [5.41, 5.74) is 3.54. The van der Waals surface area contributed by atoms with Gasteiger partial charge in [-0.25, -0.2) is 4.98 Å². The van der Waals surface area contributed by atoms with Crippen LogP contribution in [0.5, 0.6) is 0 Å². The molecule has 1 aliphatic heterocycles. The maximum atomic E-state index is 4.74. The van der Waals surface area contributed by atoms with E-state index in [-0.39, 0.29) is 0 Å². The van der Waals surface area contributed by atoms with E-state index in [1.54, 1.807) is 0 Å². The van der Waals surface area contributed by atoms with Crippen LogP contribution in [0.1, 0.15) is 31.2 Å². The minimum Gasteiger partial charge on any atom is -0.342 e. The second-order valence-corrected chi connectivity index (χ2v) is 6.85. The minimum absolute atomic E-state index is 0.681. The number of likely N-dealkylation sites (tertiary alicyclic amines) is 1. The molecule has 126 valence electrons. The van der Waals surface area contributed by atoms with Crippen molar-refractivity contribution in [1.82, 2.24) is 24.6 Å². The van der Waals surface area contributed by atoms with Gasteiger partial charge in [0.2, 0.25) is 0 Å². The molecule has 5 heteroatoms. The Morgan fingerprint density at radius 2 is 2.21 bits per heavy atom. The molecule has 1 aromatic carbocycles. The zero-order chi connectivity index (χ0) is 16.4. The molecule has 1 N–H and O–H groups in total. The van der Waals surface area contributed by atoms with E-state index in [0.29, 0.717) is 5.92 Å². The molecule has 0 bridgehead atoms. The number of hydrogen-bond donors (Lipinski definition) is 1. The van der Waals surface area contributed by atoms with Gasteiger partial charge in [0.05, 0.1) is 17.2 Å². The molecule has 0 aliphatic carbocycles. The summed E-state index contributed by atoms with van der Waals surface area (Å²) >= 11 is 0. The third-order valence-corrected chi connectivity index (χ3v) is 4.94. The van der Waals surface area contributed by atoms with E-state index in [1.165, 1.54) is 24.9 Å². The van der Waals surface area contributed by atoms with Crippen molar-refractivity contribution in [2.45, 2.75) is 39.3 Å². The van der Waals surface area contributed by atoms with Gasteiger partial charge in [0, 0.05) is 37.8 Å². The molecule has 0 saturated carbocycles. The van der Waals surface area contributed by atoms with Crippen LogP contribution in [-0.4, -0.2) is 37.7 Å². The second kappa shape index (κ2) is 6.77. The fraction of sp³-hybridized carbons (Fsp3) is 0.474. The standard InChI is InChI=1S/C19H25N5/c1-2-24-14-16(11-20-24)13-23-9-5-6-15(12-23)10-19-21-17-7-3-4-8-18(17)22-19/h3-4,7-8,11,14-15H,2,5-6,9-10,12-13H2,1H3,(H,21,22)/t15-/m0/s1. The van der Waals surface area contributed by atoms with Gasteiger partial charge in [0.15, 0.2) is 0 Å². The maximum Gasteiger partial charge on any atom is 0.107 e. The molecule has 0 radical (unpaired) electrons. The quantitative estimate of drug-likeness (QED) is 0.784. The predicted octanol–water partition coefficient (Wildman–Crippen LogP) is 3.23. The van der Waals surface area contributed by atoms with Crippen molar-refractivity contribution in [3.63, 3.8) is 0 Å². The van der Waals surface area contributed by atoms with Crippen LogP contribution in [0.15, 0.2) is 36.7 Å². The van der Waals surface area contributed by atoms with Gasteiger partial charge in [0.1, 0.15) is 5.82 Å². The number of rotatable bonds is 5. The minimum atomic E-state index is 0.681. The van der Waals surface area contributed by atoms with E-state index in [9.17, 15) is 0 Å². The fourth-order valence-electron chi connectivity index (χ4n) is 3.76. The van der Waals surface area contributed by atoms with Crippen molar-refractivity contribution in [2.75, 3.05) is 13.1 Å². The number of nitrogens with zero attached hydrogens (tertiary/aromatic N) is 4. The molecule has 3 heterocycles. The first-order valence-corrected chi connectivity index (χ1v) is 8.97. The van der Waals surface area contributed by atoms with Gasteiger partial charge >= 0.3 is 0 Å². The number of H-pyrrole nitrogens is 1. The highest BCUT2D eigenvalue weighted by Crippen LogP contribution is 2.22. The fourth-order valence-corrected chi connectivity index (χ4v) is 3.76. The molecule has 1 saturated heterocycles. The molecule has 2 aromatic heterocycles. The third kappa shape index (κ3) is 3.36. The summed E-state index contributed by atoms with van der Waals surface area (Å²) < 4.78 is 2.01. The molecule has 0 unspecified atom stereocenters. The Labute approximate surface area is 142 Å². The summed E-state index contributed by atoms with van der Waals surface area (Å²) in [4.78, 5) is 10.8. The summed E-state index contributed by atoms with van der Waals surface area (Å²) in [5, 5.41) is 4.39. The number of imidazole rings is 1. The summed E-state index contributed by atoms with van der Waals surface area (Å²) in [5.74, 6) is 1.81. The zero-order valence-corrected chi connectivity index (χ0v) is 14.3. The van der Waals surface area contributed by atoms with Crippen molar-refractivity contribution in [2.24, 2.45) is 5.92 Å². The van der Waals surface area contributed by atoms with Gasteiger partial charge in [-0.1, -0.05) is 12.1 Å². The van der Waals surface area contributed by atoms with Gasteiger partial charge in [0.25, 0.3) is 0 Å². The third-order valence-electron chi connectivity index (χ3n) is 4.94. The molecule has 1 fully saturated rings. The topological polar surface area (TPSA) is 49.7 Å². The van der Waals surface area contributed by atoms with E-state index in [0.717, 1.165) is 42.9 Å². The predicted molar refractivity (Wildman–Crippen MR) is 95.7 cm³/mol. The summed E-state index contributed by atoms with van der Waals surface area (Å²) in [6.45, 7) is 6.41. The van der Waals surface area contributed by atoms with Gasteiger partial charge in [-0.3, -0.25) is 9.58 Å². The van der Waals surface area contributed by atoms with Crippen LogP contribution in [0.3, 0.4) is 0 Å². The number of piperidine rings is 1. The molecular weight excluding hydrogens is 298 g/mol. The lowest BCUT2D eigenvalue weighted by Gasteiger charge is -2.32. The molecule has 1 aliphatic rings. The average molecular weight is 323 g/mol. The number of benzene rings is 1. The van der Waals surface area contributed by atoms with Gasteiger partial charge < -0.3 is 4.98 Å². The highest BCUT2D eigenvalue weighted by Gasteiger charge is 2.21. The Bertz CT molecular complexity index is 770. The molecule has 0 amide bonds. The van der Waals surface area contributed by atoms with Gasteiger partial charge in [-0.05, 0) is 44.4 Å². The number of nitrogens with one attached hydrogen (secondary N) is 1. The van der Waals surface area contributed by atoms with E-state index >= 15 is 0 Å². The number of aromatic nitrogens is 4. The number of fused-ring (bicyclic) bond motifs is 1. The largest absolute Gasteiger partial charge is 0.342 e. The summed E-state index contributed by atoms with van der Waals surface area (Å²) in [6.07, 6.45) is 7.78. The Morgan fingerprint density at radius 1 is 1.29 bits per heavy atom. The molecular formula is C19H25N5. The zero-order valence-electron chi connectivity index (χ0n) is 14.3. The van der Waals surface area contributed by atoms with Crippen LogP contribution < -0.4 is 0 Å². The molecule has 4 rings (SSSR count). The van der Waals surface area contributed by atoms with E-state index in [4.69, 9.17) is 4.98 Å². The molecule has 0 spiro atoms. The van der Waals surface area contributed by atoms with Crippen LogP contribution in [0.2, 0.25) is 0 Å². The van der Waals surface area contributed by atoms with Crippen LogP contribution in [0.4, 0.5) is 0 Å². The number of para-hydroxylation sites is 2. The van der Waals surface area contributed by atoms with E-state index in [1.807, 2.05) is 16.9 Å². The van der Waals surface area contributed by atoms with Crippen molar-refractivity contribution >= 4 is 11.0 Å². The highest BCUT2D eigenvalue weighted by atomic mass is 15.3. The van der Waals surface area contributed by atoms with Gasteiger partial charge in [-0.15, -0.1) is 0 Å². The summed E-state index contributed by atoms with van der Waals surface area (Å²) in [7, 11) is 0. The van der Waals surface area contributed by atoms with Crippen molar-refractivity contribution < 1.29 is 0 Å². The monoisotopic (exact) mass is 323 g/mol.